The molecule has 5 heteroatoms. The summed E-state index contributed by atoms with van der Waals surface area (Å²) in [4.78, 5) is 23.1. The van der Waals surface area contributed by atoms with Gasteiger partial charge >= 0.3 is 5.97 Å². The fourth-order valence-electron chi connectivity index (χ4n) is 2.30. The van der Waals surface area contributed by atoms with E-state index in [0.717, 1.165) is 32.2 Å². The minimum atomic E-state index is -1.08. The SMILES string of the molecule is C#CCNCCCCC/C=C(/NC(=O)C1CC1(C)C)C(=O)O. The molecule has 0 aromatic heterocycles. The number of carbonyl (C=O) groups excluding carboxylic acids is 1. The van der Waals surface area contributed by atoms with Gasteiger partial charge in [0.05, 0.1) is 6.54 Å². The Labute approximate surface area is 132 Å². The van der Waals surface area contributed by atoms with Crippen molar-refractivity contribution < 1.29 is 14.7 Å². The average molecular weight is 306 g/mol. The minimum Gasteiger partial charge on any atom is -0.477 e. The number of nitrogens with one attached hydrogen (secondary N) is 2. The summed E-state index contributed by atoms with van der Waals surface area (Å²) in [6.07, 6.45) is 11.1. The van der Waals surface area contributed by atoms with E-state index >= 15 is 0 Å². The topological polar surface area (TPSA) is 78.4 Å². The molecule has 0 aromatic rings. The quantitative estimate of drug-likeness (QED) is 0.327. The standard InChI is InChI=1S/C17H26N2O3/c1-4-10-18-11-8-6-5-7-9-14(16(21)22)19-15(20)13-12-17(13,2)3/h1,9,13,18H,5-8,10-12H2,2-3H3,(H,19,20)(H,21,22)/b14-9+. The van der Waals surface area contributed by atoms with Crippen molar-refractivity contribution >= 4 is 11.9 Å². The van der Waals surface area contributed by atoms with Crippen molar-refractivity contribution in [3.8, 4) is 12.3 Å². The molecular weight excluding hydrogens is 280 g/mol. The third kappa shape index (κ3) is 6.31. The van der Waals surface area contributed by atoms with Crippen LogP contribution >= 0.6 is 0 Å². The molecule has 5 nitrogen and oxygen atoms in total. The molecule has 1 rings (SSSR count). The van der Waals surface area contributed by atoms with Gasteiger partial charge in [-0.15, -0.1) is 6.42 Å². The van der Waals surface area contributed by atoms with Crippen LogP contribution in [0.1, 0.15) is 46.0 Å². The molecule has 1 fully saturated rings. The fourth-order valence-corrected chi connectivity index (χ4v) is 2.30. The van der Waals surface area contributed by atoms with E-state index in [-0.39, 0.29) is 22.9 Å². The molecule has 0 bridgehead atoms. The van der Waals surface area contributed by atoms with Gasteiger partial charge in [-0.1, -0.05) is 32.3 Å². The van der Waals surface area contributed by atoms with Crippen molar-refractivity contribution in [3.05, 3.63) is 11.8 Å². The Morgan fingerprint density at radius 1 is 1.36 bits per heavy atom. The first-order valence-electron chi connectivity index (χ1n) is 7.77. The molecule has 1 saturated carbocycles. The van der Waals surface area contributed by atoms with Crippen molar-refractivity contribution in [2.24, 2.45) is 11.3 Å². The zero-order valence-corrected chi connectivity index (χ0v) is 13.4. The Kier molecular flexibility index (Phi) is 7.13. The summed E-state index contributed by atoms with van der Waals surface area (Å²) >= 11 is 0. The van der Waals surface area contributed by atoms with Crippen LogP contribution in [0.2, 0.25) is 0 Å². The highest BCUT2D eigenvalue weighted by molar-refractivity contribution is 5.94. The zero-order chi connectivity index (χ0) is 16.6. The summed E-state index contributed by atoms with van der Waals surface area (Å²) in [5, 5.41) is 14.8. The molecule has 0 aromatic carbocycles. The number of carbonyl (C=O) groups is 2. The zero-order valence-electron chi connectivity index (χ0n) is 13.4. The predicted octanol–water partition coefficient (Wildman–Crippen LogP) is 1.90. The number of terminal acetylenes is 1. The number of rotatable bonds is 10. The number of unbranched alkanes of at least 4 members (excludes halogenated alkanes) is 3. The van der Waals surface area contributed by atoms with E-state index in [0.29, 0.717) is 13.0 Å². The Hall–Kier alpha value is -1.80. The lowest BCUT2D eigenvalue weighted by Gasteiger charge is -2.07. The van der Waals surface area contributed by atoms with Crippen LogP contribution in [0.25, 0.3) is 0 Å². The molecule has 0 spiro atoms. The van der Waals surface area contributed by atoms with Crippen LogP contribution in [0.5, 0.6) is 0 Å². The summed E-state index contributed by atoms with van der Waals surface area (Å²) in [6, 6.07) is 0. The van der Waals surface area contributed by atoms with Gasteiger partial charge in [0.2, 0.25) is 5.91 Å². The van der Waals surface area contributed by atoms with E-state index in [2.05, 4.69) is 16.6 Å². The van der Waals surface area contributed by atoms with E-state index in [1.54, 1.807) is 6.08 Å². The highest BCUT2D eigenvalue weighted by Crippen LogP contribution is 2.51. The summed E-state index contributed by atoms with van der Waals surface area (Å²) in [5.41, 5.74) is -0.00262. The highest BCUT2D eigenvalue weighted by Gasteiger charge is 2.50. The largest absolute Gasteiger partial charge is 0.477 e. The van der Waals surface area contributed by atoms with Crippen molar-refractivity contribution in [2.75, 3.05) is 13.1 Å². The Morgan fingerprint density at radius 2 is 2.05 bits per heavy atom. The Morgan fingerprint density at radius 3 is 2.59 bits per heavy atom. The molecule has 1 aliphatic rings. The number of carboxylic acids is 1. The van der Waals surface area contributed by atoms with Gasteiger partial charge in [0.25, 0.3) is 0 Å². The highest BCUT2D eigenvalue weighted by atomic mass is 16.4. The number of amides is 1. The minimum absolute atomic E-state index is 0.000910. The van der Waals surface area contributed by atoms with Crippen LogP contribution < -0.4 is 10.6 Å². The summed E-state index contributed by atoms with van der Waals surface area (Å²) < 4.78 is 0. The van der Waals surface area contributed by atoms with Gasteiger partial charge in [-0.05, 0) is 37.6 Å². The van der Waals surface area contributed by atoms with Gasteiger partial charge in [-0.2, -0.15) is 0 Å². The number of carboxylic acid groups (broad SMARTS) is 1. The number of hydrogen-bond acceptors (Lipinski definition) is 3. The molecule has 0 saturated heterocycles. The van der Waals surface area contributed by atoms with Crippen LogP contribution in [0.3, 0.4) is 0 Å². The van der Waals surface area contributed by atoms with E-state index in [1.807, 2.05) is 13.8 Å². The van der Waals surface area contributed by atoms with Gasteiger partial charge in [0, 0.05) is 5.92 Å². The van der Waals surface area contributed by atoms with E-state index in [9.17, 15) is 9.59 Å². The van der Waals surface area contributed by atoms with Gasteiger partial charge in [0.15, 0.2) is 0 Å². The van der Waals surface area contributed by atoms with Crippen molar-refractivity contribution in [1.29, 1.82) is 0 Å². The van der Waals surface area contributed by atoms with Gasteiger partial charge < -0.3 is 15.7 Å². The lowest BCUT2D eigenvalue weighted by atomic mass is 10.1. The lowest BCUT2D eigenvalue weighted by Crippen LogP contribution is -2.29. The van der Waals surface area contributed by atoms with Crippen molar-refractivity contribution in [1.82, 2.24) is 10.6 Å². The van der Waals surface area contributed by atoms with Crippen LogP contribution in [-0.4, -0.2) is 30.1 Å². The molecule has 122 valence electrons. The molecule has 0 radical (unpaired) electrons. The fraction of sp³-hybridized carbons (Fsp3) is 0.647. The lowest BCUT2D eigenvalue weighted by molar-refractivity contribution is -0.135. The summed E-state index contributed by atoms with van der Waals surface area (Å²) in [7, 11) is 0. The Balaban J connectivity index is 2.27. The van der Waals surface area contributed by atoms with Crippen LogP contribution in [0.4, 0.5) is 0 Å². The molecule has 0 aliphatic heterocycles. The molecule has 0 heterocycles. The molecule has 1 amide bonds. The summed E-state index contributed by atoms with van der Waals surface area (Å²) in [6.45, 7) is 5.46. The molecule has 1 unspecified atom stereocenters. The van der Waals surface area contributed by atoms with E-state index in [4.69, 9.17) is 11.5 Å². The maximum Gasteiger partial charge on any atom is 0.352 e. The Bertz CT molecular complexity index is 475. The number of aliphatic carboxylic acids is 1. The van der Waals surface area contributed by atoms with Gasteiger partial charge in [-0.3, -0.25) is 4.79 Å². The molecular formula is C17H26N2O3. The summed E-state index contributed by atoms with van der Waals surface area (Å²) in [5.74, 6) is 1.17. The first-order valence-corrected chi connectivity index (χ1v) is 7.77. The third-order valence-corrected chi connectivity index (χ3v) is 3.95. The average Bonchev–Trinajstić information content (AvgIpc) is 3.09. The van der Waals surface area contributed by atoms with Gasteiger partial charge in [-0.25, -0.2) is 4.79 Å². The first-order chi connectivity index (χ1) is 10.4. The molecule has 1 atom stereocenters. The smallest absolute Gasteiger partial charge is 0.352 e. The number of hydrogen-bond donors (Lipinski definition) is 3. The predicted molar refractivity (Wildman–Crippen MR) is 85.9 cm³/mol. The van der Waals surface area contributed by atoms with Crippen LogP contribution in [0.15, 0.2) is 11.8 Å². The normalized spacial score (nSPS) is 19.3. The number of allylic oxidation sites excluding steroid dienone is 1. The molecule has 3 N–H and O–H groups in total. The van der Waals surface area contributed by atoms with Crippen LogP contribution in [-0.2, 0) is 9.59 Å². The van der Waals surface area contributed by atoms with Crippen molar-refractivity contribution in [2.45, 2.75) is 46.0 Å². The monoisotopic (exact) mass is 306 g/mol. The second kappa shape index (κ2) is 8.60. The third-order valence-electron chi connectivity index (χ3n) is 3.95. The van der Waals surface area contributed by atoms with Crippen molar-refractivity contribution in [3.63, 3.8) is 0 Å². The van der Waals surface area contributed by atoms with E-state index < -0.39 is 5.97 Å². The maximum absolute atomic E-state index is 11.9. The first kappa shape index (κ1) is 18.2. The van der Waals surface area contributed by atoms with Gasteiger partial charge in [0.1, 0.15) is 5.70 Å². The van der Waals surface area contributed by atoms with E-state index in [1.165, 1.54) is 0 Å². The van der Waals surface area contributed by atoms with Crippen LogP contribution in [0, 0.1) is 23.7 Å². The second-order valence-corrected chi connectivity index (χ2v) is 6.39. The second-order valence-electron chi connectivity index (χ2n) is 6.39. The molecule has 22 heavy (non-hydrogen) atoms. The maximum atomic E-state index is 11.9. The molecule has 1 aliphatic carbocycles.